The van der Waals surface area contributed by atoms with Gasteiger partial charge in [0.05, 0.1) is 16.9 Å². The Morgan fingerprint density at radius 1 is 1.17 bits per heavy atom. The van der Waals surface area contributed by atoms with Crippen molar-refractivity contribution < 1.29 is 22.9 Å². The number of nitrogens with one attached hydrogen (secondary N) is 1. The molecule has 0 fully saturated rings. The van der Waals surface area contributed by atoms with Gasteiger partial charge in [-0.25, -0.2) is 8.42 Å². The van der Waals surface area contributed by atoms with Gasteiger partial charge in [-0.3, -0.25) is 24.0 Å². The summed E-state index contributed by atoms with van der Waals surface area (Å²) in [5, 5.41) is 13.7. The van der Waals surface area contributed by atoms with Gasteiger partial charge in [-0.1, -0.05) is 25.1 Å². The van der Waals surface area contributed by atoms with Crippen LogP contribution >= 0.6 is 0 Å². The number of hydrogen-bond acceptors (Lipinski definition) is 6. The van der Waals surface area contributed by atoms with Crippen LogP contribution in [0.15, 0.2) is 48.5 Å². The number of anilines is 2. The van der Waals surface area contributed by atoms with E-state index in [-0.39, 0.29) is 23.6 Å². The summed E-state index contributed by atoms with van der Waals surface area (Å²) >= 11 is 0. The van der Waals surface area contributed by atoms with E-state index in [4.69, 9.17) is 0 Å². The lowest BCUT2D eigenvalue weighted by atomic mass is 10.1. The molecule has 0 aliphatic carbocycles. The van der Waals surface area contributed by atoms with Crippen LogP contribution < -0.4 is 9.62 Å². The van der Waals surface area contributed by atoms with Gasteiger partial charge in [0.2, 0.25) is 15.9 Å². The number of sulfonamides is 1. The molecular weight excluding hydrogens is 398 g/mol. The second-order valence-corrected chi connectivity index (χ2v) is 8.25. The predicted molar refractivity (Wildman–Crippen MR) is 110 cm³/mol. The summed E-state index contributed by atoms with van der Waals surface area (Å²) in [6.45, 7) is 3.02. The zero-order valence-electron chi connectivity index (χ0n) is 16.2. The first kappa shape index (κ1) is 22.0. The zero-order chi connectivity index (χ0) is 21.8. The average molecular weight is 419 g/mol. The maximum atomic E-state index is 12.9. The third-order valence-corrected chi connectivity index (χ3v) is 5.34. The van der Waals surface area contributed by atoms with E-state index < -0.39 is 26.9 Å². The number of ketones is 1. The number of hydrogen-bond donors (Lipinski definition) is 1. The van der Waals surface area contributed by atoms with Gasteiger partial charge in [0.25, 0.3) is 5.69 Å². The van der Waals surface area contributed by atoms with Crippen LogP contribution in [0.1, 0.15) is 30.6 Å². The second-order valence-electron chi connectivity index (χ2n) is 6.39. The minimum Gasteiger partial charge on any atom is -0.324 e. The molecule has 9 nitrogen and oxygen atoms in total. The lowest BCUT2D eigenvalue weighted by molar-refractivity contribution is -0.384. The average Bonchev–Trinajstić information content (AvgIpc) is 2.65. The summed E-state index contributed by atoms with van der Waals surface area (Å²) in [4.78, 5) is 34.8. The molecule has 1 atom stereocenters. The zero-order valence-corrected chi connectivity index (χ0v) is 17.0. The van der Waals surface area contributed by atoms with Crippen molar-refractivity contribution in [2.45, 2.75) is 26.3 Å². The molecule has 0 bridgehead atoms. The van der Waals surface area contributed by atoms with Crippen molar-refractivity contribution in [1.29, 1.82) is 0 Å². The molecule has 0 aromatic heterocycles. The Morgan fingerprint density at radius 3 is 2.38 bits per heavy atom. The van der Waals surface area contributed by atoms with Gasteiger partial charge in [-0.2, -0.15) is 0 Å². The quantitative estimate of drug-likeness (QED) is 0.398. The lowest BCUT2D eigenvalue weighted by Gasteiger charge is -2.30. The summed E-state index contributed by atoms with van der Waals surface area (Å²) in [5.74, 6) is -0.798. The topological polar surface area (TPSA) is 127 Å². The van der Waals surface area contributed by atoms with Crippen molar-refractivity contribution >= 4 is 38.8 Å². The Hall–Kier alpha value is -3.27. The number of benzene rings is 2. The van der Waals surface area contributed by atoms with E-state index in [1.165, 1.54) is 31.2 Å². The molecular formula is C19H21N3O6S. The monoisotopic (exact) mass is 419 g/mol. The van der Waals surface area contributed by atoms with E-state index in [9.17, 15) is 28.1 Å². The molecule has 0 saturated heterocycles. The number of nitrogens with zero attached hydrogens (tertiary/aromatic N) is 2. The van der Waals surface area contributed by atoms with E-state index >= 15 is 0 Å². The Morgan fingerprint density at radius 2 is 1.83 bits per heavy atom. The van der Waals surface area contributed by atoms with Crippen LogP contribution in [0.4, 0.5) is 17.1 Å². The molecule has 2 aromatic rings. The molecule has 154 valence electrons. The highest BCUT2D eigenvalue weighted by Gasteiger charge is 2.32. The van der Waals surface area contributed by atoms with E-state index in [1.807, 2.05) is 0 Å². The molecule has 10 heteroatoms. The van der Waals surface area contributed by atoms with Crippen LogP contribution in [0.5, 0.6) is 0 Å². The second kappa shape index (κ2) is 8.82. The van der Waals surface area contributed by atoms with Crippen molar-refractivity contribution in [3.05, 3.63) is 64.2 Å². The summed E-state index contributed by atoms with van der Waals surface area (Å²) in [7, 11) is -3.93. The Labute approximate surface area is 168 Å². The van der Waals surface area contributed by atoms with Gasteiger partial charge in [-0.15, -0.1) is 0 Å². The number of nitro benzene ring substituents is 1. The third kappa shape index (κ3) is 5.38. The number of Topliss-reactive ketones (excluding diaryl/α,β-unsaturated/α-hetero) is 1. The van der Waals surface area contributed by atoms with Crippen molar-refractivity contribution in [3.63, 3.8) is 0 Å². The molecule has 29 heavy (non-hydrogen) atoms. The fourth-order valence-corrected chi connectivity index (χ4v) is 4.05. The first-order valence-electron chi connectivity index (χ1n) is 8.70. The summed E-state index contributed by atoms with van der Waals surface area (Å²) < 4.78 is 25.8. The molecule has 2 aromatic carbocycles. The highest BCUT2D eigenvalue weighted by Crippen LogP contribution is 2.27. The minimum atomic E-state index is -3.93. The number of carbonyl (C=O) groups is 2. The van der Waals surface area contributed by atoms with Crippen LogP contribution in [-0.4, -0.2) is 37.3 Å². The van der Waals surface area contributed by atoms with Crippen molar-refractivity contribution in [2.24, 2.45) is 0 Å². The molecule has 0 saturated carbocycles. The number of amides is 1. The first-order chi connectivity index (χ1) is 13.5. The summed E-state index contributed by atoms with van der Waals surface area (Å²) in [5.41, 5.74) is 0.463. The van der Waals surface area contributed by atoms with Gasteiger partial charge >= 0.3 is 0 Å². The normalized spacial score (nSPS) is 12.1. The molecule has 0 radical (unpaired) electrons. The van der Waals surface area contributed by atoms with E-state index in [1.54, 1.807) is 25.1 Å². The van der Waals surface area contributed by atoms with Crippen molar-refractivity contribution in [2.75, 3.05) is 15.9 Å². The van der Waals surface area contributed by atoms with Crippen LogP contribution in [-0.2, 0) is 14.8 Å². The fourth-order valence-electron chi connectivity index (χ4n) is 2.85. The van der Waals surface area contributed by atoms with Crippen LogP contribution in [0.2, 0.25) is 0 Å². The molecule has 2 rings (SSSR count). The molecule has 0 spiro atoms. The smallest absolute Gasteiger partial charge is 0.271 e. The molecule has 0 aliphatic rings. The molecule has 0 heterocycles. The Balaban J connectivity index is 2.42. The summed E-state index contributed by atoms with van der Waals surface area (Å²) in [6.07, 6.45) is 1.05. The van der Waals surface area contributed by atoms with Crippen molar-refractivity contribution in [1.82, 2.24) is 0 Å². The van der Waals surface area contributed by atoms with Crippen LogP contribution in [0.3, 0.4) is 0 Å². The third-order valence-electron chi connectivity index (χ3n) is 4.16. The highest BCUT2D eigenvalue weighted by molar-refractivity contribution is 7.92. The molecule has 0 aliphatic heterocycles. The molecule has 0 unspecified atom stereocenters. The fraction of sp³-hybridized carbons (Fsp3) is 0.263. The SMILES string of the molecule is CC[C@@H](C(=O)Nc1cccc(C(C)=O)c1)N(c1cccc([N+](=O)[O-])c1)S(C)(=O)=O. The highest BCUT2D eigenvalue weighted by atomic mass is 32.2. The number of nitro groups is 1. The number of carbonyl (C=O) groups excluding carboxylic acids is 2. The standard InChI is InChI=1S/C19H21N3O6S/c1-4-18(19(24)20-15-8-5-7-14(11-15)13(2)23)21(29(3,27)28)16-9-6-10-17(12-16)22(25)26/h5-12,18H,4H2,1-3H3,(H,20,24)/t18-/m0/s1. The van der Waals surface area contributed by atoms with E-state index in [0.29, 0.717) is 11.3 Å². The lowest BCUT2D eigenvalue weighted by Crippen LogP contribution is -2.47. The first-order valence-corrected chi connectivity index (χ1v) is 10.5. The Kier molecular flexibility index (Phi) is 6.70. The van der Waals surface area contributed by atoms with Gasteiger partial charge in [0.15, 0.2) is 5.78 Å². The number of non-ortho nitro benzene ring substituents is 1. The van der Waals surface area contributed by atoms with E-state index in [0.717, 1.165) is 16.6 Å². The van der Waals surface area contributed by atoms with Gasteiger partial charge in [0, 0.05) is 23.4 Å². The minimum absolute atomic E-state index is 0.0150. The van der Waals surface area contributed by atoms with E-state index in [2.05, 4.69) is 5.32 Å². The van der Waals surface area contributed by atoms with Crippen molar-refractivity contribution in [3.8, 4) is 0 Å². The largest absolute Gasteiger partial charge is 0.324 e. The maximum Gasteiger partial charge on any atom is 0.271 e. The molecule has 1 N–H and O–H groups in total. The number of rotatable bonds is 8. The summed E-state index contributed by atoms with van der Waals surface area (Å²) in [6, 6.07) is 10.2. The van der Waals surface area contributed by atoms with Crippen LogP contribution in [0, 0.1) is 10.1 Å². The van der Waals surface area contributed by atoms with Gasteiger partial charge in [0.1, 0.15) is 6.04 Å². The van der Waals surface area contributed by atoms with Gasteiger partial charge in [-0.05, 0) is 31.5 Å². The van der Waals surface area contributed by atoms with Gasteiger partial charge < -0.3 is 5.32 Å². The predicted octanol–water partition coefficient (Wildman–Crippen LogP) is 2.98. The molecule has 1 amide bonds. The Bertz CT molecular complexity index is 1050. The maximum absolute atomic E-state index is 12.9. The van der Waals surface area contributed by atoms with Crippen LogP contribution in [0.25, 0.3) is 0 Å².